The molecule has 4 rings (SSSR count). The number of nitrogens with zero attached hydrogens (tertiary/aromatic N) is 3. The molecule has 2 aromatic carbocycles. The Morgan fingerprint density at radius 1 is 1.00 bits per heavy atom. The van der Waals surface area contributed by atoms with E-state index >= 15 is 0 Å². The normalized spacial score (nSPS) is 14.9. The SMILES string of the molecule is Cc1ccc(-c2cc(C(=O)N3CCC(Cc4ccccc4)CC3)n(C)n2)cc1C. The Kier molecular flexibility index (Phi) is 5.52. The van der Waals surface area contributed by atoms with Gasteiger partial charge >= 0.3 is 0 Å². The van der Waals surface area contributed by atoms with Crippen LogP contribution in [0.3, 0.4) is 0 Å². The minimum absolute atomic E-state index is 0.0910. The largest absolute Gasteiger partial charge is 0.337 e. The molecule has 0 radical (unpaired) electrons. The number of carbonyl (C=O) groups is 1. The molecule has 1 fully saturated rings. The van der Waals surface area contributed by atoms with Crippen LogP contribution in [0.4, 0.5) is 0 Å². The molecule has 0 bridgehead atoms. The first kappa shape index (κ1) is 19.4. The van der Waals surface area contributed by atoms with E-state index in [0.717, 1.165) is 43.6 Å². The van der Waals surface area contributed by atoms with Crippen molar-refractivity contribution in [3.05, 3.63) is 77.0 Å². The molecular weight excluding hydrogens is 358 g/mol. The Morgan fingerprint density at radius 3 is 2.41 bits per heavy atom. The van der Waals surface area contributed by atoms with E-state index in [2.05, 4.69) is 67.5 Å². The number of likely N-dealkylation sites (tertiary alicyclic amines) is 1. The summed E-state index contributed by atoms with van der Waals surface area (Å²) in [7, 11) is 1.86. The van der Waals surface area contributed by atoms with Crippen molar-refractivity contribution >= 4 is 5.91 Å². The molecule has 1 aromatic heterocycles. The van der Waals surface area contributed by atoms with Gasteiger partial charge in [-0.25, -0.2) is 0 Å². The van der Waals surface area contributed by atoms with Crippen molar-refractivity contribution in [3.8, 4) is 11.3 Å². The number of aromatic nitrogens is 2. The van der Waals surface area contributed by atoms with Crippen molar-refractivity contribution in [2.45, 2.75) is 33.1 Å². The average Bonchev–Trinajstić information content (AvgIpc) is 3.12. The zero-order valence-corrected chi connectivity index (χ0v) is 17.6. The highest BCUT2D eigenvalue weighted by atomic mass is 16.2. The van der Waals surface area contributed by atoms with Gasteiger partial charge in [-0.15, -0.1) is 0 Å². The van der Waals surface area contributed by atoms with Gasteiger partial charge < -0.3 is 4.90 Å². The number of piperidine rings is 1. The minimum Gasteiger partial charge on any atom is -0.337 e. The lowest BCUT2D eigenvalue weighted by Crippen LogP contribution is -2.39. The second-order valence-corrected chi connectivity index (χ2v) is 8.26. The second kappa shape index (κ2) is 8.24. The molecule has 3 aromatic rings. The van der Waals surface area contributed by atoms with E-state index < -0.39 is 0 Å². The Hall–Kier alpha value is -2.88. The Bertz CT molecular complexity index is 998. The zero-order chi connectivity index (χ0) is 20.4. The fourth-order valence-corrected chi connectivity index (χ4v) is 4.16. The molecule has 0 N–H and O–H groups in total. The third-order valence-electron chi connectivity index (χ3n) is 6.17. The summed E-state index contributed by atoms with van der Waals surface area (Å²) in [6.45, 7) is 5.85. The highest BCUT2D eigenvalue weighted by Crippen LogP contribution is 2.25. The maximum atomic E-state index is 13.1. The molecule has 29 heavy (non-hydrogen) atoms. The molecule has 1 aliphatic rings. The van der Waals surface area contributed by atoms with Gasteiger partial charge in [0, 0.05) is 25.7 Å². The molecule has 4 nitrogen and oxygen atoms in total. The van der Waals surface area contributed by atoms with Crippen molar-refractivity contribution in [1.29, 1.82) is 0 Å². The average molecular weight is 388 g/mol. The summed E-state index contributed by atoms with van der Waals surface area (Å²) in [6.07, 6.45) is 3.22. The van der Waals surface area contributed by atoms with Gasteiger partial charge in [-0.05, 0) is 67.9 Å². The van der Waals surface area contributed by atoms with Gasteiger partial charge in [-0.2, -0.15) is 5.10 Å². The lowest BCUT2D eigenvalue weighted by atomic mass is 9.90. The van der Waals surface area contributed by atoms with Crippen LogP contribution in [0.1, 0.15) is 40.0 Å². The fourth-order valence-electron chi connectivity index (χ4n) is 4.16. The van der Waals surface area contributed by atoms with Gasteiger partial charge in [-0.3, -0.25) is 9.48 Å². The first-order valence-electron chi connectivity index (χ1n) is 10.5. The number of rotatable bonds is 4. The standard InChI is InChI=1S/C25H29N3O/c1-18-9-10-22(15-19(18)2)23-17-24(27(3)26-23)25(29)28-13-11-21(12-14-28)16-20-7-5-4-6-8-20/h4-10,15,17,21H,11-14,16H2,1-3H3. The lowest BCUT2D eigenvalue weighted by Gasteiger charge is -2.32. The van der Waals surface area contributed by atoms with Gasteiger partial charge in [0.25, 0.3) is 5.91 Å². The van der Waals surface area contributed by atoms with Gasteiger partial charge in [0.1, 0.15) is 5.69 Å². The molecule has 0 atom stereocenters. The smallest absolute Gasteiger partial charge is 0.272 e. The Morgan fingerprint density at radius 2 is 1.72 bits per heavy atom. The summed E-state index contributed by atoms with van der Waals surface area (Å²) >= 11 is 0. The summed E-state index contributed by atoms with van der Waals surface area (Å²) in [5.74, 6) is 0.743. The number of hydrogen-bond acceptors (Lipinski definition) is 2. The van der Waals surface area contributed by atoms with Crippen LogP contribution in [0, 0.1) is 19.8 Å². The van der Waals surface area contributed by atoms with Crippen LogP contribution in [-0.2, 0) is 13.5 Å². The summed E-state index contributed by atoms with van der Waals surface area (Å²) < 4.78 is 1.73. The molecule has 1 amide bonds. The summed E-state index contributed by atoms with van der Waals surface area (Å²) in [5, 5.41) is 4.61. The number of benzene rings is 2. The van der Waals surface area contributed by atoms with Gasteiger partial charge in [0.05, 0.1) is 5.69 Å². The predicted molar refractivity (Wildman–Crippen MR) is 117 cm³/mol. The lowest BCUT2D eigenvalue weighted by molar-refractivity contribution is 0.0679. The summed E-state index contributed by atoms with van der Waals surface area (Å²) in [5.41, 5.74) is 6.48. The second-order valence-electron chi connectivity index (χ2n) is 8.26. The highest BCUT2D eigenvalue weighted by Gasteiger charge is 2.26. The van der Waals surface area contributed by atoms with E-state index in [1.807, 2.05) is 18.0 Å². The van der Waals surface area contributed by atoms with Crippen molar-refractivity contribution in [1.82, 2.24) is 14.7 Å². The topological polar surface area (TPSA) is 38.1 Å². The van der Waals surface area contributed by atoms with E-state index in [-0.39, 0.29) is 5.91 Å². The summed E-state index contributed by atoms with van der Waals surface area (Å²) in [4.78, 5) is 15.1. The van der Waals surface area contributed by atoms with E-state index in [1.165, 1.54) is 16.7 Å². The van der Waals surface area contributed by atoms with Crippen molar-refractivity contribution in [2.24, 2.45) is 13.0 Å². The first-order valence-corrected chi connectivity index (χ1v) is 10.5. The van der Waals surface area contributed by atoms with Crippen LogP contribution in [0.25, 0.3) is 11.3 Å². The number of amides is 1. The van der Waals surface area contributed by atoms with Crippen molar-refractivity contribution in [2.75, 3.05) is 13.1 Å². The molecule has 150 valence electrons. The molecule has 0 aliphatic carbocycles. The first-order chi connectivity index (χ1) is 14.0. The van der Waals surface area contributed by atoms with E-state index in [4.69, 9.17) is 0 Å². The van der Waals surface area contributed by atoms with E-state index in [9.17, 15) is 4.79 Å². The molecule has 1 aliphatic heterocycles. The van der Waals surface area contributed by atoms with Gasteiger partial charge in [0.15, 0.2) is 0 Å². The minimum atomic E-state index is 0.0910. The predicted octanol–water partition coefficient (Wildman–Crippen LogP) is 4.80. The summed E-state index contributed by atoms with van der Waals surface area (Å²) in [6, 6.07) is 18.9. The number of hydrogen-bond donors (Lipinski definition) is 0. The van der Waals surface area contributed by atoms with Crippen LogP contribution in [0.2, 0.25) is 0 Å². The monoisotopic (exact) mass is 387 g/mol. The molecule has 2 heterocycles. The Labute approximate surface area is 173 Å². The van der Waals surface area contributed by atoms with Crippen LogP contribution >= 0.6 is 0 Å². The molecule has 0 spiro atoms. The fraction of sp³-hybridized carbons (Fsp3) is 0.360. The zero-order valence-electron chi connectivity index (χ0n) is 17.6. The number of aryl methyl sites for hydroxylation is 3. The van der Waals surface area contributed by atoms with Crippen molar-refractivity contribution < 1.29 is 4.79 Å². The van der Waals surface area contributed by atoms with Gasteiger partial charge in [0.2, 0.25) is 0 Å². The van der Waals surface area contributed by atoms with Crippen LogP contribution in [0.15, 0.2) is 54.6 Å². The van der Waals surface area contributed by atoms with Crippen LogP contribution in [0.5, 0.6) is 0 Å². The third kappa shape index (κ3) is 4.26. The molecular formula is C25H29N3O. The molecule has 1 saturated heterocycles. The van der Waals surface area contributed by atoms with Crippen LogP contribution < -0.4 is 0 Å². The number of carbonyl (C=O) groups excluding carboxylic acids is 1. The van der Waals surface area contributed by atoms with Gasteiger partial charge in [-0.1, -0.05) is 42.5 Å². The quantitative estimate of drug-likeness (QED) is 0.645. The van der Waals surface area contributed by atoms with Crippen molar-refractivity contribution in [3.63, 3.8) is 0 Å². The van der Waals surface area contributed by atoms with E-state index in [1.54, 1.807) is 4.68 Å². The molecule has 0 unspecified atom stereocenters. The third-order valence-corrected chi connectivity index (χ3v) is 6.17. The molecule has 4 heteroatoms. The highest BCUT2D eigenvalue weighted by molar-refractivity contribution is 5.93. The molecule has 0 saturated carbocycles. The van der Waals surface area contributed by atoms with Crippen LogP contribution in [-0.4, -0.2) is 33.7 Å². The maximum Gasteiger partial charge on any atom is 0.272 e. The van der Waals surface area contributed by atoms with E-state index in [0.29, 0.717) is 11.6 Å². The Balaban J connectivity index is 1.42. The maximum absolute atomic E-state index is 13.1.